The second kappa shape index (κ2) is 7.13. The third-order valence-electron chi connectivity index (χ3n) is 2.14. The molecule has 19 heavy (non-hydrogen) atoms. The van der Waals surface area contributed by atoms with Crippen LogP contribution in [0.1, 0.15) is 0 Å². The molecule has 0 aliphatic rings. The van der Waals surface area contributed by atoms with Crippen LogP contribution in [0, 0.1) is 0 Å². The Morgan fingerprint density at radius 2 is 1.95 bits per heavy atom. The van der Waals surface area contributed by atoms with Gasteiger partial charge in [-0.15, -0.1) is 0 Å². The molecule has 1 aromatic carbocycles. The van der Waals surface area contributed by atoms with Gasteiger partial charge in [0.05, 0.1) is 30.9 Å². The fourth-order valence-electron chi connectivity index (χ4n) is 1.29. The van der Waals surface area contributed by atoms with Gasteiger partial charge in [0.15, 0.2) is 0 Å². The molecule has 106 valence electrons. The molecule has 0 fully saturated rings. The molecule has 8 heteroatoms. The number of hydrogen-bond acceptors (Lipinski definition) is 3. The molecule has 2 amide bonds. The maximum atomic E-state index is 12.0. The number of ether oxygens (including phenoxy) is 2. The van der Waals surface area contributed by atoms with Crippen molar-refractivity contribution in [2.24, 2.45) is 0 Å². The van der Waals surface area contributed by atoms with E-state index in [1.165, 1.54) is 14.2 Å². The summed E-state index contributed by atoms with van der Waals surface area (Å²) in [6, 6.07) is 2.38. The third kappa shape index (κ3) is 4.55. The molecule has 0 atom stereocenters. The molecule has 0 aliphatic carbocycles. The van der Waals surface area contributed by atoms with Crippen molar-refractivity contribution in [1.29, 1.82) is 0 Å². The second-order valence-electron chi connectivity index (χ2n) is 3.41. The Kier molecular flexibility index (Phi) is 5.81. The first-order valence-corrected chi connectivity index (χ1v) is 6.01. The number of anilines is 1. The largest absolute Gasteiger partial charge is 0.495 e. The predicted octanol–water partition coefficient (Wildman–Crippen LogP) is 2.85. The van der Waals surface area contributed by atoms with Crippen LogP contribution < -0.4 is 20.1 Å². The zero-order chi connectivity index (χ0) is 14.4. The predicted molar refractivity (Wildman–Crippen MR) is 70.3 cm³/mol. The van der Waals surface area contributed by atoms with Crippen LogP contribution in [0.15, 0.2) is 16.6 Å². The Hall–Kier alpha value is -1.57. The van der Waals surface area contributed by atoms with Crippen LogP contribution in [0.25, 0.3) is 0 Å². The Morgan fingerprint density at radius 1 is 1.32 bits per heavy atom. The van der Waals surface area contributed by atoms with E-state index in [-0.39, 0.29) is 0 Å². The number of benzene rings is 1. The Labute approximate surface area is 117 Å². The maximum Gasteiger partial charge on any atom is 0.319 e. The Morgan fingerprint density at radius 3 is 2.47 bits per heavy atom. The summed E-state index contributed by atoms with van der Waals surface area (Å²) < 4.78 is 34.6. The molecule has 0 saturated heterocycles. The smallest absolute Gasteiger partial charge is 0.319 e. The molecule has 1 rings (SSSR count). The minimum Gasteiger partial charge on any atom is -0.495 e. The number of hydrogen-bond donors (Lipinski definition) is 2. The topological polar surface area (TPSA) is 59.6 Å². The van der Waals surface area contributed by atoms with Gasteiger partial charge in [-0.25, -0.2) is 13.6 Å². The van der Waals surface area contributed by atoms with Crippen molar-refractivity contribution in [3.8, 4) is 11.5 Å². The van der Waals surface area contributed by atoms with Crippen molar-refractivity contribution in [2.75, 3.05) is 26.1 Å². The van der Waals surface area contributed by atoms with Gasteiger partial charge in [-0.1, -0.05) is 0 Å². The SMILES string of the molecule is COc1cc(OC)c(NC(=O)NCC(F)F)cc1Br. The fourth-order valence-corrected chi connectivity index (χ4v) is 1.80. The molecule has 1 aromatic rings. The average Bonchev–Trinajstić information content (AvgIpc) is 2.36. The van der Waals surface area contributed by atoms with Gasteiger partial charge in [-0.3, -0.25) is 0 Å². The van der Waals surface area contributed by atoms with E-state index in [9.17, 15) is 13.6 Å². The Balaban J connectivity index is 2.82. The number of carbonyl (C=O) groups is 1. The highest BCUT2D eigenvalue weighted by atomic mass is 79.9. The second-order valence-corrected chi connectivity index (χ2v) is 4.27. The van der Waals surface area contributed by atoms with Crippen molar-refractivity contribution < 1.29 is 23.0 Å². The number of carbonyl (C=O) groups excluding carboxylic acids is 1. The zero-order valence-corrected chi connectivity index (χ0v) is 11.9. The van der Waals surface area contributed by atoms with Crippen LogP contribution >= 0.6 is 15.9 Å². The summed E-state index contributed by atoms with van der Waals surface area (Å²) in [5.74, 6) is 0.877. The van der Waals surface area contributed by atoms with Crippen molar-refractivity contribution in [2.45, 2.75) is 6.43 Å². The van der Waals surface area contributed by atoms with Crippen molar-refractivity contribution in [3.63, 3.8) is 0 Å². The molecule has 0 bridgehead atoms. The summed E-state index contributed by atoms with van der Waals surface area (Å²) in [6.45, 7) is -0.717. The summed E-state index contributed by atoms with van der Waals surface area (Å²) in [6.07, 6.45) is -2.60. The van der Waals surface area contributed by atoms with Gasteiger partial charge in [0.2, 0.25) is 0 Å². The molecular weight excluding hydrogens is 326 g/mol. The van der Waals surface area contributed by atoms with Crippen molar-refractivity contribution in [1.82, 2.24) is 5.32 Å². The molecule has 0 heterocycles. The molecule has 5 nitrogen and oxygen atoms in total. The van der Waals surface area contributed by atoms with Gasteiger partial charge in [-0.05, 0) is 22.0 Å². The first-order valence-electron chi connectivity index (χ1n) is 5.22. The fraction of sp³-hybridized carbons (Fsp3) is 0.364. The molecule has 0 spiro atoms. The summed E-state index contributed by atoms with van der Waals surface area (Å²) in [5.41, 5.74) is 0.335. The van der Waals surface area contributed by atoms with E-state index in [0.29, 0.717) is 21.7 Å². The summed E-state index contributed by atoms with van der Waals surface area (Å²) in [5, 5.41) is 4.44. The van der Waals surface area contributed by atoms with Crippen molar-refractivity contribution in [3.05, 3.63) is 16.6 Å². The molecule has 2 N–H and O–H groups in total. The van der Waals surface area contributed by atoms with E-state index in [2.05, 4.69) is 21.2 Å². The summed E-state index contributed by atoms with van der Waals surface area (Å²) in [7, 11) is 2.91. The minimum absolute atomic E-state index is 0.335. The highest BCUT2D eigenvalue weighted by Crippen LogP contribution is 2.35. The van der Waals surface area contributed by atoms with Crippen LogP contribution in [0.4, 0.5) is 19.3 Å². The molecule has 0 saturated carbocycles. The number of methoxy groups -OCH3 is 2. The standard InChI is InChI=1S/C11H13BrF2N2O3/c1-18-8-4-9(19-2)7(3-6(8)12)16-11(17)15-5-10(13)14/h3-4,10H,5H2,1-2H3,(H2,15,16,17). The van der Waals surface area contributed by atoms with E-state index < -0.39 is 19.0 Å². The third-order valence-corrected chi connectivity index (χ3v) is 2.76. The first-order chi connectivity index (χ1) is 8.97. The Bertz CT molecular complexity index is 458. The lowest BCUT2D eigenvalue weighted by molar-refractivity contribution is 0.148. The molecule has 0 unspecified atom stereocenters. The quantitative estimate of drug-likeness (QED) is 0.867. The van der Waals surface area contributed by atoms with Gasteiger partial charge >= 0.3 is 6.03 Å². The number of amides is 2. The van der Waals surface area contributed by atoms with E-state index >= 15 is 0 Å². The number of urea groups is 1. The number of nitrogens with one attached hydrogen (secondary N) is 2. The highest BCUT2D eigenvalue weighted by Gasteiger charge is 2.13. The van der Waals surface area contributed by atoms with E-state index in [1.54, 1.807) is 12.1 Å². The van der Waals surface area contributed by atoms with Gasteiger partial charge in [0.1, 0.15) is 11.5 Å². The van der Waals surface area contributed by atoms with Gasteiger partial charge in [0.25, 0.3) is 6.43 Å². The van der Waals surface area contributed by atoms with Crippen LogP contribution in [0.3, 0.4) is 0 Å². The lowest BCUT2D eigenvalue weighted by atomic mass is 10.2. The van der Waals surface area contributed by atoms with Crippen LogP contribution in [-0.4, -0.2) is 33.2 Å². The number of rotatable bonds is 5. The van der Waals surface area contributed by atoms with Crippen LogP contribution in [-0.2, 0) is 0 Å². The summed E-state index contributed by atoms with van der Waals surface area (Å²) in [4.78, 5) is 11.4. The van der Waals surface area contributed by atoms with E-state index in [0.717, 1.165) is 0 Å². The first kappa shape index (κ1) is 15.5. The van der Waals surface area contributed by atoms with E-state index in [4.69, 9.17) is 9.47 Å². The molecular formula is C11H13BrF2N2O3. The maximum absolute atomic E-state index is 12.0. The molecule has 0 aliphatic heterocycles. The van der Waals surface area contributed by atoms with Crippen LogP contribution in [0.2, 0.25) is 0 Å². The number of alkyl halides is 2. The number of halogens is 3. The van der Waals surface area contributed by atoms with Gasteiger partial charge < -0.3 is 20.1 Å². The highest BCUT2D eigenvalue weighted by molar-refractivity contribution is 9.10. The minimum atomic E-state index is -2.60. The van der Waals surface area contributed by atoms with Gasteiger partial charge in [-0.2, -0.15) is 0 Å². The van der Waals surface area contributed by atoms with Crippen LogP contribution in [0.5, 0.6) is 11.5 Å². The summed E-state index contributed by atoms with van der Waals surface area (Å²) >= 11 is 3.25. The lowest BCUT2D eigenvalue weighted by Crippen LogP contribution is -2.32. The lowest BCUT2D eigenvalue weighted by Gasteiger charge is -2.13. The normalized spacial score (nSPS) is 10.2. The average molecular weight is 339 g/mol. The van der Waals surface area contributed by atoms with Crippen molar-refractivity contribution >= 4 is 27.6 Å². The molecule has 0 radical (unpaired) electrons. The molecule has 0 aromatic heterocycles. The zero-order valence-electron chi connectivity index (χ0n) is 10.3. The monoisotopic (exact) mass is 338 g/mol. The van der Waals surface area contributed by atoms with E-state index in [1.807, 2.05) is 5.32 Å². The van der Waals surface area contributed by atoms with Gasteiger partial charge in [0, 0.05) is 6.07 Å².